The molecule has 4 nitrogen and oxygen atoms in total. The number of hydrogen-bond donors (Lipinski definition) is 1. The van der Waals surface area contributed by atoms with E-state index in [4.69, 9.17) is 0 Å². The largest absolute Gasteiger partial charge is 0.370 e. The van der Waals surface area contributed by atoms with Crippen LogP contribution in [0.2, 0.25) is 0 Å². The van der Waals surface area contributed by atoms with Gasteiger partial charge in [0.1, 0.15) is 0 Å². The lowest BCUT2D eigenvalue weighted by Crippen LogP contribution is -2.50. The van der Waals surface area contributed by atoms with Crippen molar-refractivity contribution in [3.8, 4) is 0 Å². The van der Waals surface area contributed by atoms with Crippen LogP contribution in [0.5, 0.6) is 0 Å². The SMILES string of the molecule is CN(Cc1ccccc1)c1cccc(C(=O)NCC(C)(C)N2CCCC2)c1. The van der Waals surface area contributed by atoms with E-state index in [1.807, 2.05) is 30.3 Å². The minimum absolute atomic E-state index is 0.00256. The van der Waals surface area contributed by atoms with Crippen LogP contribution < -0.4 is 10.2 Å². The van der Waals surface area contributed by atoms with Crippen LogP contribution in [-0.4, -0.2) is 43.0 Å². The van der Waals surface area contributed by atoms with Crippen molar-refractivity contribution in [1.29, 1.82) is 0 Å². The Labute approximate surface area is 163 Å². The van der Waals surface area contributed by atoms with E-state index >= 15 is 0 Å². The van der Waals surface area contributed by atoms with E-state index in [1.165, 1.54) is 18.4 Å². The van der Waals surface area contributed by atoms with Gasteiger partial charge < -0.3 is 10.2 Å². The predicted octanol–water partition coefficient (Wildman–Crippen LogP) is 3.93. The maximum absolute atomic E-state index is 12.7. The second kappa shape index (κ2) is 8.57. The number of carbonyl (C=O) groups excluding carboxylic acids is 1. The summed E-state index contributed by atoms with van der Waals surface area (Å²) in [6.07, 6.45) is 2.51. The third kappa shape index (κ3) is 5.10. The monoisotopic (exact) mass is 365 g/mol. The van der Waals surface area contributed by atoms with E-state index in [9.17, 15) is 4.79 Å². The van der Waals surface area contributed by atoms with Gasteiger partial charge in [0, 0.05) is 36.9 Å². The van der Waals surface area contributed by atoms with Crippen LogP contribution >= 0.6 is 0 Å². The van der Waals surface area contributed by atoms with Crippen molar-refractivity contribution in [3.05, 3.63) is 65.7 Å². The van der Waals surface area contributed by atoms with Crippen molar-refractivity contribution < 1.29 is 4.79 Å². The van der Waals surface area contributed by atoms with Crippen LogP contribution in [0.1, 0.15) is 42.6 Å². The van der Waals surface area contributed by atoms with Gasteiger partial charge in [-0.05, 0) is 63.5 Å². The summed E-state index contributed by atoms with van der Waals surface area (Å²) in [5.74, 6) is -0.00256. The van der Waals surface area contributed by atoms with Crippen molar-refractivity contribution in [2.45, 2.75) is 38.8 Å². The second-order valence-corrected chi connectivity index (χ2v) is 8.08. The molecule has 1 aliphatic heterocycles. The van der Waals surface area contributed by atoms with Gasteiger partial charge in [0.2, 0.25) is 0 Å². The van der Waals surface area contributed by atoms with Gasteiger partial charge in [-0.2, -0.15) is 0 Å². The topological polar surface area (TPSA) is 35.6 Å². The first-order chi connectivity index (χ1) is 13.0. The van der Waals surface area contributed by atoms with Gasteiger partial charge in [-0.25, -0.2) is 0 Å². The molecule has 1 amide bonds. The molecule has 0 radical (unpaired) electrons. The van der Waals surface area contributed by atoms with Crippen molar-refractivity contribution in [3.63, 3.8) is 0 Å². The molecule has 0 aliphatic carbocycles. The normalized spacial score (nSPS) is 14.9. The lowest BCUT2D eigenvalue weighted by molar-refractivity contribution is 0.0902. The summed E-state index contributed by atoms with van der Waals surface area (Å²) in [6, 6.07) is 18.2. The molecule has 0 saturated carbocycles. The highest BCUT2D eigenvalue weighted by Crippen LogP contribution is 2.21. The number of nitrogens with one attached hydrogen (secondary N) is 1. The smallest absolute Gasteiger partial charge is 0.251 e. The van der Waals surface area contributed by atoms with Gasteiger partial charge in [0.25, 0.3) is 5.91 Å². The molecule has 1 saturated heterocycles. The molecular weight excluding hydrogens is 334 g/mol. The number of anilines is 1. The highest BCUT2D eigenvalue weighted by Gasteiger charge is 2.29. The summed E-state index contributed by atoms with van der Waals surface area (Å²) in [7, 11) is 2.06. The maximum Gasteiger partial charge on any atom is 0.251 e. The Bertz CT molecular complexity index is 751. The fourth-order valence-corrected chi connectivity index (χ4v) is 3.67. The van der Waals surface area contributed by atoms with E-state index in [2.05, 4.69) is 60.3 Å². The molecule has 0 aromatic heterocycles. The van der Waals surface area contributed by atoms with Crippen LogP contribution in [0.3, 0.4) is 0 Å². The summed E-state index contributed by atoms with van der Waals surface area (Å²) in [4.78, 5) is 17.3. The van der Waals surface area contributed by atoms with E-state index in [-0.39, 0.29) is 11.4 Å². The van der Waals surface area contributed by atoms with Gasteiger partial charge in [-0.1, -0.05) is 36.4 Å². The number of rotatable bonds is 7. The predicted molar refractivity (Wildman–Crippen MR) is 112 cm³/mol. The average Bonchev–Trinajstić information content (AvgIpc) is 3.23. The van der Waals surface area contributed by atoms with Crippen molar-refractivity contribution in [2.75, 3.05) is 31.6 Å². The Balaban J connectivity index is 1.61. The maximum atomic E-state index is 12.7. The van der Waals surface area contributed by atoms with E-state index < -0.39 is 0 Å². The van der Waals surface area contributed by atoms with E-state index in [0.717, 1.165) is 25.3 Å². The quantitative estimate of drug-likeness (QED) is 0.808. The van der Waals surface area contributed by atoms with E-state index in [1.54, 1.807) is 0 Å². The molecule has 27 heavy (non-hydrogen) atoms. The van der Waals surface area contributed by atoms with E-state index in [0.29, 0.717) is 12.1 Å². The lowest BCUT2D eigenvalue weighted by atomic mass is 10.0. The minimum Gasteiger partial charge on any atom is -0.370 e. The molecule has 0 bridgehead atoms. The molecule has 1 aliphatic rings. The Morgan fingerprint density at radius 2 is 1.78 bits per heavy atom. The number of likely N-dealkylation sites (tertiary alicyclic amines) is 1. The van der Waals surface area contributed by atoms with Gasteiger partial charge in [-0.3, -0.25) is 9.69 Å². The third-order valence-electron chi connectivity index (χ3n) is 5.46. The molecule has 3 rings (SSSR count). The summed E-state index contributed by atoms with van der Waals surface area (Å²) in [5.41, 5.74) is 3.01. The molecule has 2 aromatic carbocycles. The first-order valence-electron chi connectivity index (χ1n) is 9.84. The van der Waals surface area contributed by atoms with Gasteiger partial charge in [-0.15, -0.1) is 0 Å². The fourth-order valence-electron chi connectivity index (χ4n) is 3.67. The summed E-state index contributed by atoms with van der Waals surface area (Å²) in [5, 5.41) is 3.13. The Morgan fingerprint density at radius 3 is 2.48 bits per heavy atom. The molecule has 0 spiro atoms. The Morgan fingerprint density at radius 1 is 1.07 bits per heavy atom. The second-order valence-electron chi connectivity index (χ2n) is 8.08. The van der Waals surface area contributed by atoms with Crippen molar-refractivity contribution in [1.82, 2.24) is 10.2 Å². The van der Waals surface area contributed by atoms with Crippen molar-refractivity contribution >= 4 is 11.6 Å². The number of amides is 1. The summed E-state index contributed by atoms with van der Waals surface area (Å²) in [6.45, 7) is 8.15. The minimum atomic E-state index is -0.00608. The molecule has 2 aromatic rings. The highest BCUT2D eigenvalue weighted by atomic mass is 16.1. The number of nitrogens with zero attached hydrogens (tertiary/aromatic N) is 2. The van der Waals surface area contributed by atoms with Gasteiger partial charge in [0.05, 0.1) is 0 Å². The first kappa shape index (κ1) is 19.4. The third-order valence-corrected chi connectivity index (χ3v) is 5.46. The zero-order chi connectivity index (χ0) is 19.3. The molecule has 1 fully saturated rings. The molecule has 0 atom stereocenters. The molecule has 4 heteroatoms. The van der Waals surface area contributed by atoms with Gasteiger partial charge >= 0.3 is 0 Å². The lowest BCUT2D eigenvalue weighted by Gasteiger charge is -2.35. The van der Waals surface area contributed by atoms with Crippen LogP contribution in [0, 0.1) is 0 Å². The van der Waals surface area contributed by atoms with Crippen molar-refractivity contribution in [2.24, 2.45) is 0 Å². The zero-order valence-corrected chi connectivity index (χ0v) is 16.7. The van der Waals surface area contributed by atoms with Crippen LogP contribution in [-0.2, 0) is 6.54 Å². The summed E-state index contributed by atoms with van der Waals surface area (Å²) < 4.78 is 0. The van der Waals surface area contributed by atoms with Crippen LogP contribution in [0.4, 0.5) is 5.69 Å². The zero-order valence-electron chi connectivity index (χ0n) is 16.7. The first-order valence-corrected chi connectivity index (χ1v) is 9.84. The number of carbonyl (C=O) groups is 1. The Kier molecular flexibility index (Phi) is 6.17. The average molecular weight is 366 g/mol. The fraction of sp³-hybridized carbons (Fsp3) is 0.435. The highest BCUT2D eigenvalue weighted by molar-refractivity contribution is 5.95. The van der Waals surface area contributed by atoms with Gasteiger partial charge in [0.15, 0.2) is 0 Å². The summed E-state index contributed by atoms with van der Waals surface area (Å²) >= 11 is 0. The molecule has 0 unspecified atom stereocenters. The number of benzene rings is 2. The molecule has 1 heterocycles. The standard InChI is InChI=1S/C23H31N3O/c1-23(2,26-14-7-8-15-26)18-24-22(27)20-12-9-13-21(16-20)25(3)17-19-10-5-4-6-11-19/h4-6,9-13,16H,7-8,14-15,17-18H2,1-3H3,(H,24,27). The Hall–Kier alpha value is -2.33. The van der Waals surface area contributed by atoms with Crippen LogP contribution in [0.15, 0.2) is 54.6 Å². The molecule has 144 valence electrons. The van der Waals surface area contributed by atoms with Crippen LogP contribution in [0.25, 0.3) is 0 Å². The molecule has 1 N–H and O–H groups in total. The number of hydrogen-bond acceptors (Lipinski definition) is 3. The molecular formula is C23H31N3O.